The number of rotatable bonds is 17. The number of alkyl carbamates (subject to hydrolysis) is 1. The Bertz CT molecular complexity index is 2350. The summed E-state index contributed by atoms with van der Waals surface area (Å²) in [7, 11) is 4.08. The lowest BCUT2D eigenvalue weighted by atomic mass is 9.72. The number of benzene rings is 3. The molecule has 0 bridgehead atoms. The highest BCUT2D eigenvalue weighted by atomic mass is 33.1. The highest BCUT2D eigenvalue weighted by molar-refractivity contribution is 8.76. The van der Waals surface area contributed by atoms with E-state index >= 15 is 0 Å². The molecule has 1 aliphatic heterocycles. The van der Waals surface area contributed by atoms with Crippen molar-refractivity contribution in [3.8, 4) is 17.2 Å². The number of nitrogens with zero attached hydrogens (tertiary/aromatic N) is 1. The van der Waals surface area contributed by atoms with Crippen LogP contribution in [-0.2, 0) is 41.4 Å². The Balaban J connectivity index is 1.04. The summed E-state index contributed by atoms with van der Waals surface area (Å²) in [4.78, 5) is 66.0. The number of phenolic OH excluding ortho intramolecular Hbond substituents is 2. The fraction of sp³-hybridized carbons (Fsp3) is 0.405. The third-order valence-electron chi connectivity index (χ3n) is 10.7. The van der Waals surface area contributed by atoms with Crippen LogP contribution in [-0.4, -0.2) is 135 Å². The van der Waals surface area contributed by atoms with Crippen molar-refractivity contribution in [2.24, 2.45) is 10.8 Å². The number of Topliss-reactive ketones (excluding diaryl/α,β-unsaturated/α-hetero) is 1. The number of aliphatic hydroxyl groups is 3. The minimum atomic E-state index is -2.36. The van der Waals surface area contributed by atoms with Gasteiger partial charge in [0.15, 0.2) is 23.0 Å². The zero-order valence-electron chi connectivity index (χ0n) is 34.4. The lowest BCUT2D eigenvalue weighted by Gasteiger charge is -2.42. The fourth-order valence-corrected chi connectivity index (χ4v) is 9.43. The molecule has 22 heteroatoms. The molecule has 1 fully saturated rings. The van der Waals surface area contributed by atoms with E-state index in [1.165, 1.54) is 60.0 Å². The van der Waals surface area contributed by atoms with Crippen LogP contribution in [0, 0.1) is 0 Å². The number of esters is 1. The zero-order chi connectivity index (χ0) is 46.3. The number of nitrogens with one attached hydrogen (secondary N) is 2. The van der Waals surface area contributed by atoms with E-state index in [-0.39, 0.29) is 59.2 Å². The monoisotopic (exact) mass is 942 g/mol. The summed E-state index contributed by atoms with van der Waals surface area (Å²) in [5, 5.41) is 62.2. The molecule has 19 nitrogen and oxygen atoms in total. The smallest absolute Gasteiger partial charge is 0.407 e. The molecular weight excluding hydrogens is 897 g/mol. The summed E-state index contributed by atoms with van der Waals surface area (Å²) in [6, 6.07) is 10.4. The molecule has 1 heterocycles. The summed E-state index contributed by atoms with van der Waals surface area (Å²) in [5.41, 5.74) is 5.07. The number of hydrazone groups is 1. The summed E-state index contributed by atoms with van der Waals surface area (Å²) in [5.74, 6) is -3.75. The molecule has 6 rings (SSSR count). The largest absolute Gasteiger partial charge is 0.507 e. The van der Waals surface area contributed by atoms with Crippen molar-refractivity contribution in [1.29, 1.82) is 0 Å². The second-order valence-corrected chi connectivity index (χ2v) is 18.0. The van der Waals surface area contributed by atoms with Crippen LogP contribution in [0.2, 0.25) is 0 Å². The maximum absolute atomic E-state index is 14.0. The van der Waals surface area contributed by atoms with Crippen LogP contribution >= 0.6 is 33.8 Å². The summed E-state index contributed by atoms with van der Waals surface area (Å²) < 4.78 is 28.1. The van der Waals surface area contributed by atoms with Gasteiger partial charge in [-0.05, 0) is 36.3 Å². The Labute approximate surface area is 379 Å². The molecule has 64 heavy (non-hydrogen) atoms. The number of aromatic hydroxyl groups is 2. The van der Waals surface area contributed by atoms with Crippen molar-refractivity contribution in [2.45, 2.75) is 68.9 Å². The first kappa shape index (κ1) is 48.1. The minimum absolute atomic E-state index is 0.00860. The van der Waals surface area contributed by atoms with E-state index in [9.17, 15) is 49.5 Å². The summed E-state index contributed by atoms with van der Waals surface area (Å²) >= 11 is 4.73. The van der Waals surface area contributed by atoms with Crippen LogP contribution < -0.4 is 21.2 Å². The van der Waals surface area contributed by atoms with Crippen LogP contribution in [0.3, 0.4) is 0 Å². The number of aliphatic hydroxyl groups excluding tert-OH is 2. The maximum atomic E-state index is 14.0. The second-order valence-electron chi connectivity index (χ2n) is 14.9. The molecule has 1 saturated heterocycles. The number of amides is 1. The number of thiocarbonyl (C=S) groups is 1. The third-order valence-corrected chi connectivity index (χ3v) is 13.2. The first-order valence-corrected chi connectivity index (χ1v) is 22.7. The topological polar surface area (TPSA) is 295 Å². The quantitative estimate of drug-likeness (QED) is 0.0143. The van der Waals surface area contributed by atoms with Crippen molar-refractivity contribution in [1.82, 2.24) is 10.7 Å². The molecule has 342 valence electrons. The van der Waals surface area contributed by atoms with Gasteiger partial charge in [-0.3, -0.25) is 24.6 Å². The second kappa shape index (κ2) is 21.1. The highest BCUT2D eigenvalue weighted by Gasteiger charge is 2.50. The Morgan fingerprint density at radius 3 is 2.42 bits per heavy atom. The molecule has 6 atom stereocenters. The molecule has 5 unspecified atom stereocenters. The van der Waals surface area contributed by atoms with E-state index in [0.29, 0.717) is 22.6 Å². The van der Waals surface area contributed by atoms with Crippen molar-refractivity contribution in [3.05, 3.63) is 87.0 Å². The SMILES string of the molecule is COc1cccc2c1C(=O)c1c(O)c3c(c(O)c1C2=O)CC(O)(C(=O)CO)C[C@H]3OC1CC(NC(=O)OCCSSCCOC(=O)Cc2ccccc2/C=N\NC(N)=S)C(O)C(C)O1. The zero-order valence-corrected chi connectivity index (χ0v) is 36.9. The van der Waals surface area contributed by atoms with Gasteiger partial charge in [0.25, 0.3) is 0 Å². The molecule has 2 aliphatic carbocycles. The van der Waals surface area contributed by atoms with Gasteiger partial charge in [0.05, 0.1) is 54.7 Å². The number of ether oxygens (including phenoxy) is 5. The van der Waals surface area contributed by atoms with Gasteiger partial charge in [0.1, 0.15) is 48.8 Å². The van der Waals surface area contributed by atoms with Crippen LogP contribution in [0.25, 0.3) is 0 Å². The number of phenols is 2. The molecule has 3 aliphatic rings. The normalized spacial score (nSPS) is 22.5. The maximum Gasteiger partial charge on any atom is 0.407 e. The molecule has 1 amide bonds. The number of nitrogens with two attached hydrogens (primary N) is 1. The van der Waals surface area contributed by atoms with Gasteiger partial charge in [-0.25, -0.2) is 4.79 Å². The van der Waals surface area contributed by atoms with Gasteiger partial charge in [0, 0.05) is 47.5 Å². The van der Waals surface area contributed by atoms with E-state index in [2.05, 4.69) is 15.8 Å². The molecule has 3 aromatic rings. The highest BCUT2D eigenvalue weighted by Crippen LogP contribution is 2.52. The predicted molar refractivity (Wildman–Crippen MR) is 236 cm³/mol. The standard InChI is InChI=1S/C42H46N4O15S3/c1-20-35(50)25(45-41(55)59-11-13-64-63-12-10-58-29(49)14-21-6-3-4-7-22(21)18-44-46-40(43)62)15-30(60-20)61-27-17-42(56,28(48)19-47)16-24-32(27)39(54)34-33(37(24)52)36(51)23-8-5-9-26(57-2)31(23)38(34)53/h3-9,18,20,25,27,30,35,47,50,52,54,56H,10-17,19H2,1-2H3,(H,45,55)(H3,43,46,62)/b44-18-/t20?,25?,27-,30?,35?,42?/m1/s1. The number of fused-ring (bicyclic) bond motifs is 3. The van der Waals surface area contributed by atoms with Crippen LogP contribution in [0.1, 0.15) is 80.0 Å². The van der Waals surface area contributed by atoms with E-state index in [0.717, 1.165) is 0 Å². The number of ketones is 3. The van der Waals surface area contributed by atoms with Crippen LogP contribution in [0.5, 0.6) is 17.2 Å². The minimum Gasteiger partial charge on any atom is -0.507 e. The average Bonchev–Trinajstić information content (AvgIpc) is 3.26. The number of carbonyl (C=O) groups excluding carboxylic acids is 5. The molecule has 0 radical (unpaired) electrons. The molecular formula is C42H46N4O15S3. The number of hydrogen-bond acceptors (Lipinski definition) is 19. The summed E-state index contributed by atoms with van der Waals surface area (Å²) in [6.45, 7) is 0.548. The molecule has 9 N–H and O–H groups in total. The molecule has 0 aromatic heterocycles. The lowest BCUT2D eigenvalue weighted by Crippen LogP contribution is -2.56. The fourth-order valence-electron chi connectivity index (χ4n) is 7.72. The van der Waals surface area contributed by atoms with Crippen LogP contribution in [0.4, 0.5) is 4.79 Å². The van der Waals surface area contributed by atoms with Gasteiger partial charge in [-0.2, -0.15) is 5.10 Å². The Morgan fingerprint density at radius 2 is 1.72 bits per heavy atom. The van der Waals surface area contributed by atoms with Gasteiger partial charge in [-0.1, -0.05) is 58.0 Å². The van der Waals surface area contributed by atoms with Crippen molar-refractivity contribution in [2.75, 3.05) is 38.4 Å². The molecule has 0 spiro atoms. The van der Waals surface area contributed by atoms with Crippen molar-refractivity contribution >= 4 is 74.5 Å². The summed E-state index contributed by atoms with van der Waals surface area (Å²) in [6.07, 6.45) is -5.77. The number of methoxy groups -OCH3 is 1. The van der Waals surface area contributed by atoms with E-state index < -0.39 is 108 Å². The van der Waals surface area contributed by atoms with Crippen LogP contribution in [0.15, 0.2) is 47.6 Å². The van der Waals surface area contributed by atoms with Gasteiger partial charge >= 0.3 is 12.1 Å². The molecule has 0 saturated carbocycles. The van der Waals surface area contributed by atoms with E-state index in [1.807, 2.05) is 0 Å². The molecule has 3 aromatic carbocycles. The lowest BCUT2D eigenvalue weighted by molar-refractivity contribution is -0.249. The van der Waals surface area contributed by atoms with Crippen molar-refractivity contribution in [3.63, 3.8) is 0 Å². The Hall–Kier alpha value is -5.33. The first-order chi connectivity index (χ1) is 30.6. The number of hydrogen-bond donors (Lipinski definition) is 8. The number of carbonyl (C=O) groups is 5. The third kappa shape index (κ3) is 10.6. The van der Waals surface area contributed by atoms with E-state index in [4.69, 9.17) is 41.6 Å². The average molecular weight is 943 g/mol. The van der Waals surface area contributed by atoms with Gasteiger partial charge in [0.2, 0.25) is 5.78 Å². The van der Waals surface area contributed by atoms with Crippen molar-refractivity contribution < 1.29 is 73.2 Å². The first-order valence-electron chi connectivity index (χ1n) is 19.8. The predicted octanol–water partition coefficient (Wildman–Crippen LogP) is 2.10. The Morgan fingerprint density at radius 1 is 1.02 bits per heavy atom. The van der Waals surface area contributed by atoms with Gasteiger partial charge in [-0.15, -0.1) is 0 Å². The van der Waals surface area contributed by atoms with E-state index in [1.54, 1.807) is 24.3 Å². The van der Waals surface area contributed by atoms with Gasteiger partial charge < -0.3 is 60.3 Å². The Kier molecular flexibility index (Phi) is 15.9.